The van der Waals surface area contributed by atoms with Gasteiger partial charge in [0.15, 0.2) is 0 Å². The summed E-state index contributed by atoms with van der Waals surface area (Å²) in [6.45, 7) is 6.51. The van der Waals surface area contributed by atoms with Crippen molar-refractivity contribution in [1.29, 1.82) is 0 Å². The molecule has 4 aromatic carbocycles. The third-order valence-electron chi connectivity index (χ3n) is 6.15. The Balaban J connectivity index is 1.53. The van der Waals surface area contributed by atoms with Gasteiger partial charge in [-0.25, -0.2) is 0 Å². The third-order valence-corrected chi connectivity index (χ3v) is 6.15. The van der Waals surface area contributed by atoms with Crippen molar-refractivity contribution in [2.45, 2.75) is 20.8 Å². The first-order valence-electron chi connectivity index (χ1n) is 10.3. The summed E-state index contributed by atoms with van der Waals surface area (Å²) in [5.41, 5.74) is 10.6. The highest BCUT2D eigenvalue weighted by Gasteiger charge is 2.12. The maximum atomic E-state index is 5.98. The van der Waals surface area contributed by atoms with Crippen LogP contribution in [0.1, 0.15) is 16.7 Å². The van der Waals surface area contributed by atoms with E-state index in [1.165, 1.54) is 33.5 Å². The van der Waals surface area contributed by atoms with Crippen LogP contribution in [0.25, 0.3) is 33.1 Å². The van der Waals surface area contributed by atoms with E-state index in [1.807, 2.05) is 12.1 Å². The average Bonchev–Trinajstić information content (AvgIpc) is 3.13. The number of fused-ring (bicyclic) bond motifs is 3. The van der Waals surface area contributed by atoms with Gasteiger partial charge in [-0.05, 0) is 85.0 Å². The number of furan rings is 1. The van der Waals surface area contributed by atoms with Crippen molar-refractivity contribution in [2.75, 3.05) is 11.9 Å². The molecule has 0 fully saturated rings. The summed E-state index contributed by atoms with van der Waals surface area (Å²) < 4.78 is 5.98. The second kappa shape index (κ2) is 7.07. The lowest BCUT2D eigenvalue weighted by molar-refractivity contribution is 0.669. The van der Waals surface area contributed by atoms with Crippen LogP contribution in [0.15, 0.2) is 83.3 Å². The molecule has 1 aromatic heterocycles. The quantitative estimate of drug-likeness (QED) is 0.310. The molecule has 0 radical (unpaired) electrons. The van der Waals surface area contributed by atoms with Gasteiger partial charge in [0.25, 0.3) is 0 Å². The Morgan fingerprint density at radius 3 is 2.07 bits per heavy atom. The highest BCUT2D eigenvalue weighted by atomic mass is 16.3. The van der Waals surface area contributed by atoms with Crippen molar-refractivity contribution in [3.05, 3.63) is 95.6 Å². The summed E-state index contributed by atoms with van der Waals surface area (Å²) in [7, 11) is 2.13. The Bertz CT molecular complexity index is 1390. The number of hydrogen-bond donors (Lipinski definition) is 0. The zero-order chi connectivity index (χ0) is 20.8. The molecule has 2 nitrogen and oxygen atoms in total. The van der Waals surface area contributed by atoms with Gasteiger partial charge in [0.1, 0.15) is 11.2 Å². The number of hydrogen-bond acceptors (Lipinski definition) is 2. The van der Waals surface area contributed by atoms with Crippen LogP contribution in [0, 0.1) is 20.8 Å². The predicted molar refractivity (Wildman–Crippen MR) is 128 cm³/mol. The molecule has 30 heavy (non-hydrogen) atoms. The smallest absolute Gasteiger partial charge is 0.135 e. The van der Waals surface area contributed by atoms with E-state index in [4.69, 9.17) is 4.42 Å². The first-order valence-corrected chi connectivity index (χ1v) is 10.3. The minimum absolute atomic E-state index is 0.926. The van der Waals surface area contributed by atoms with Gasteiger partial charge >= 0.3 is 0 Å². The minimum atomic E-state index is 0.926. The normalized spacial score (nSPS) is 11.3. The van der Waals surface area contributed by atoms with Crippen molar-refractivity contribution in [3.63, 3.8) is 0 Å². The van der Waals surface area contributed by atoms with E-state index in [2.05, 4.69) is 99.4 Å². The summed E-state index contributed by atoms with van der Waals surface area (Å²) in [6, 6.07) is 28.0. The number of anilines is 2. The molecule has 0 unspecified atom stereocenters. The Morgan fingerprint density at radius 2 is 1.30 bits per heavy atom. The highest BCUT2D eigenvalue weighted by molar-refractivity contribution is 6.06. The fraction of sp³-hybridized carbons (Fsp3) is 0.143. The summed E-state index contributed by atoms with van der Waals surface area (Å²) in [4.78, 5) is 2.25. The first kappa shape index (κ1) is 18.5. The Labute approximate surface area is 177 Å². The van der Waals surface area contributed by atoms with E-state index in [1.54, 1.807) is 0 Å². The zero-order valence-corrected chi connectivity index (χ0v) is 17.9. The number of para-hydroxylation sites is 1. The maximum absolute atomic E-state index is 5.98. The van der Waals surface area contributed by atoms with E-state index in [0.717, 1.165) is 27.6 Å². The summed E-state index contributed by atoms with van der Waals surface area (Å²) in [5.74, 6) is 0. The second-order valence-corrected chi connectivity index (χ2v) is 8.14. The fourth-order valence-corrected chi connectivity index (χ4v) is 4.19. The maximum Gasteiger partial charge on any atom is 0.135 e. The molecule has 5 rings (SSSR count). The number of rotatable bonds is 3. The zero-order valence-electron chi connectivity index (χ0n) is 17.9. The molecule has 0 atom stereocenters. The van der Waals surface area contributed by atoms with E-state index in [0.29, 0.717) is 0 Å². The molecule has 5 aromatic rings. The molecular weight excluding hydrogens is 366 g/mol. The van der Waals surface area contributed by atoms with Crippen molar-refractivity contribution in [3.8, 4) is 11.1 Å². The van der Waals surface area contributed by atoms with Gasteiger partial charge in [0.05, 0.1) is 0 Å². The van der Waals surface area contributed by atoms with Gasteiger partial charge in [-0.3, -0.25) is 0 Å². The van der Waals surface area contributed by atoms with Gasteiger partial charge in [-0.1, -0.05) is 42.5 Å². The molecule has 0 N–H and O–H groups in total. The molecule has 0 saturated heterocycles. The van der Waals surface area contributed by atoms with Crippen molar-refractivity contribution >= 4 is 33.3 Å². The molecule has 0 bridgehead atoms. The van der Waals surface area contributed by atoms with E-state index in [-0.39, 0.29) is 0 Å². The van der Waals surface area contributed by atoms with Crippen LogP contribution in [0.2, 0.25) is 0 Å². The third kappa shape index (κ3) is 3.05. The predicted octanol–water partition coefficient (Wildman–Crippen LogP) is 7.95. The minimum Gasteiger partial charge on any atom is -0.456 e. The van der Waals surface area contributed by atoms with Crippen LogP contribution in [0.3, 0.4) is 0 Å². The van der Waals surface area contributed by atoms with Crippen LogP contribution in [0.5, 0.6) is 0 Å². The van der Waals surface area contributed by atoms with Crippen LogP contribution in [-0.4, -0.2) is 7.05 Å². The van der Waals surface area contributed by atoms with Crippen molar-refractivity contribution in [2.24, 2.45) is 0 Å². The summed E-state index contributed by atoms with van der Waals surface area (Å²) >= 11 is 0. The Morgan fingerprint density at radius 1 is 0.600 bits per heavy atom. The lowest BCUT2D eigenvalue weighted by atomic mass is 9.98. The molecular formula is C28H25NO. The van der Waals surface area contributed by atoms with Crippen molar-refractivity contribution in [1.82, 2.24) is 0 Å². The Hall–Kier alpha value is -3.52. The molecule has 0 aliphatic heterocycles. The molecule has 148 valence electrons. The molecule has 1 heterocycles. The number of nitrogens with zero attached hydrogens (tertiary/aromatic N) is 1. The van der Waals surface area contributed by atoms with Gasteiger partial charge in [0, 0.05) is 29.2 Å². The van der Waals surface area contributed by atoms with Gasteiger partial charge < -0.3 is 9.32 Å². The molecule has 0 spiro atoms. The van der Waals surface area contributed by atoms with Crippen LogP contribution in [0.4, 0.5) is 11.4 Å². The number of benzene rings is 4. The van der Waals surface area contributed by atoms with Crippen LogP contribution in [-0.2, 0) is 0 Å². The van der Waals surface area contributed by atoms with Crippen LogP contribution >= 0.6 is 0 Å². The largest absolute Gasteiger partial charge is 0.456 e. The summed E-state index contributed by atoms with van der Waals surface area (Å²) in [5, 5.41) is 2.31. The summed E-state index contributed by atoms with van der Waals surface area (Å²) in [6.07, 6.45) is 0. The second-order valence-electron chi connectivity index (χ2n) is 8.14. The SMILES string of the molecule is Cc1ccc(-c2ccc(N(C)c3ccc4oc5ccccc5c4c3)c(C)c2)cc1C. The van der Waals surface area contributed by atoms with Crippen molar-refractivity contribution < 1.29 is 4.42 Å². The van der Waals surface area contributed by atoms with E-state index >= 15 is 0 Å². The lowest BCUT2D eigenvalue weighted by Gasteiger charge is -2.22. The molecule has 2 heteroatoms. The molecule has 0 aliphatic carbocycles. The van der Waals surface area contributed by atoms with Crippen LogP contribution < -0.4 is 4.90 Å². The molecule has 0 aliphatic rings. The topological polar surface area (TPSA) is 16.4 Å². The van der Waals surface area contributed by atoms with E-state index < -0.39 is 0 Å². The standard InChI is InChI=1S/C28H25NO/c1-18-9-10-21(15-19(18)2)22-11-13-26(20(3)16-22)29(4)23-12-14-28-25(17-23)24-7-5-6-8-27(24)30-28/h5-17H,1-4H3. The number of aryl methyl sites for hydroxylation is 3. The van der Waals surface area contributed by atoms with Gasteiger partial charge in [0.2, 0.25) is 0 Å². The fourth-order valence-electron chi connectivity index (χ4n) is 4.19. The average molecular weight is 392 g/mol. The van der Waals surface area contributed by atoms with E-state index in [9.17, 15) is 0 Å². The monoisotopic (exact) mass is 391 g/mol. The molecule has 0 saturated carbocycles. The van der Waals surface area contributed by atoms with Gasteiger partial charge in [-0.15, -0.1) is 0 Å². The van der Waals surface area contributed by atoms with Gasteiger partial charge in [-0.2, -0.15) is 0 Å². The Kier molecular flexibility index (Phi) is 4.36. The molecule has 0 amide bonds. The highest BCUT2D eigenvalue weighted by Crippen LogP contribution is 2.35. The first-order chi connectivity index (χ1) is 14.5. The lowest BCUT2D eigenvalue weighted by Crippen LogP contribution is -2.10.